The zero-order chi connectivity index (χ0) is 22.7. The molecule has 0 spiro atoms. The van der Waals surface area contributed by atoms with Crippen LogP contribution in [0.15, 0.2) is 29.2 Å². The second-order valence-corrected chi connectivity index (χ2v) is 8.25. The molecule has 2 aromatic rings. The third-order valence-corrected chi connectivity index (χ3v) is 6.14. The van der Waals surface area contributed by atoms with E-state index in [0.29, 0.717) is 19.0 Å². The summed E-state index contributed by atoms with van der Waals surface area (Å²) in [6.07, 6.45) is 4.90. The lowest BCUT2D eigenvalue weighted by molar-refractivity contribution is 0.0523. The van der Waals surface area contributed by atoms with Crippen molar-refractivity contribution >= 4 is 5.97 Å². The van der Waals surface area contributed by atoms with E-state index in [0.717, 1.165) is 48.6 Å². The lowest BCUT2D eigenvalue weighted by Crippen LogP contribution is -2.34. The normalized spacial score (nSPS) is 17.5. The van der Waals surface area contributed by atoms with Crippen molar-refractivity contribution in [2.45, 2.75) is 46.1 Å². The highest BCUT2D eigenvalue weighted by Crippen LogP contribution is 2.41. The molecule has 0 radical (unpaired) electrons. The standard InChI is InChI=1S/C25H32N2O5/c1-4-30-23-12-17-11-18(15-26-9-7-8-10-26)27-16-20(25(29)32-6-3)22(28)14-21(27)19(17)13-24(23)31-5-2/h12-14,16,18H,4-11,15H2,1-3H3. The fourth-order valence-corrected chi connectivity index (χ4v) is 4.74. The van der Waals surface area contributed by atoms with E-state index in [4.69, 9.17) is 14.2 Å². The minimum absolute atomic E-state index is 0.0847. The maximum Gasteiger partial charge on any atom is 0.343 e. The summed E-state index contributed by atoms with van der Waals surface area (Å²) in [5.41, 5.74) is 2.64. The zero-order valence-electron chi connectivity index (χ0n) is 19.2. The SMILES string of the molecule is CCOC(=O)c1cn2c(cc1=O)-c1cc(OCC)c(OCC)cc1CC2CN1CCCC1. The molecule has 0 saturated carbocycles. The fourth-order valence-electron chi connectivity index (χ4n) is 4.74. The van der Waals surface area contributed by atoms with E-state index in [1.165, 1.54) is 12.8 Å². The molecular formula is C25H32N2O5. The molecule has 2 aliphatic rings. The highest BCUT2D eigenvalue weighted by Gasteiger charge is 2.30. The molecule has 0 N–H and O–H groups in total. The Hall–Kier alpha value is -2.80. The van der Waals surface area contributed by atoms with Crippen LogP contribution < -0.4 is 14.9 Å². The van der Waals surface area contributed by atoms with E-state index < -0.39 is 5.97 Å². The Balaban J connectivity index is 1.84. The van der Waals surface area contributed by atoms with Crippen LogP contribution in [0.5, 0.6) is 11.5 Å². The third-order valence-electron chi connectivity index (χ3n) is 6.14. The highest BCUT2D eigenvalue weighted by molar-refractivity contribution is 5.89. The molecule has 32 heavy (non-hydrogen) atoms. The fraction of sp³-hybridized carbons (Fsp3) is 0.520. The van der Waals surface area contributed by atoms with Gasteiger partial charge >= 0.3 is 5.97 Å². The number of benzene rings is 1. The van der Waals surface area contributed by atoms with Crippen LogP contribution >= 0.6 is 0 Å². The molecule has 7 heteroatoms. The number of hydrogen-bond acceptors (Lipinski definition) is 6. The Labute approximate surface area is 188 Å². The summed E-state index contributed by atoms with van der Waals surface area (Å²) in [5.74, 6) is 0.826. The van der Waals surface area contributed by atoms with Gasteiger partial charge in [-0.3, -0.25) is 4.79 Å². The number of esters is 1. The lowest BCUT2D eigenvalue weighted by atomic mass is 9.91. The number of likely N-dealkylation sites (tertiary alicyclic amines) is 1. The molecule has 1 saturated heterocycles. The minimum atomic E-state index is -0.569. The van der Waals surface area contributed by atoms with E-state index in [1.807, 2.05) is 26.0 Å². The van der Waals surface area contributed by atoms with Crippen LogP contribution in [0, 0.1) is 0 Å². The molecule has 2 aliphatic heterocycles. The largest absolute Gasteiger partial charge is 0.490 e. The molecule has 3 heterocycles. The summed E-state index contributed by atoms with van der Waals surface area (Å²) in [5, 5.41) is 0. The molecule has 0 bridgehead atoms. The van der Waals surface area contributed by atoms with Crippen LogP contribution in [0.3, 0.4) is 0 Å². The Morgan fingerprint density at radius 2 is 1.69 bits per heavy atom. The Bertz CT molecular complexity index is 1040. The quantitative estimate of drug-likeness (QED) is 0.583. The van der Waals surface area contributed by atoms with E-state index in [9.17, 15) is 9.59 Å². The molecule has 4 rings (SSSR count). The van der Waals surface area contributed by atoms with Gasteiger partial charge in [0.15, 0.2) is 16.9 Å². The van der Waals surface area contributed by atoms with Gasteiger partial charge in [-0.25, -0.2) is 4.79 Å². The van der Waals surface area contributed by atoms with Crippen molar-refractivity contribution in [1.29, 1.82) is 0 Å². The van der Waals surface area contributed by atoms with Crippen LogP contribution in [0.1, 0.15) is 55.6 Å². The van der Waals surface area contributed by atoms with Crippen LogP contribution in [0.2, 0.25) is 0 Å². The molecule has 1 aromatic carbocycles. The van der Waals surface area contributed by atoms with E-state index in [2.05, 4.69) is 9.47 Å². The van der Waals surface area contributed by atoms with Crippen molar-refractivity contribution in [3.05, 3.63) is 45.7 Å². The molecule has 0 amide bonds. The van der Waals surface area contributed by atoms with E-state index in [1.54, 1.807) is 19.2 Å². The third kappa shape index (κ3) is 4.39. The maximum absolute atomic E-state index is 12.9. The maximum atomic E-state index is 12.9. The number of rotatable bonds is 8. The number of carbonyl (C=O) groups is 1. The van der Waals surface area contributed by atoms with E-state index in [-0.39, 0.29) is 23.6 Å². The topological polar surface area (TPSA) is 70.0 Å². The van der Waals surface area contributed by atoms with Gasteiger partial charge < -0.3 is 23.7 Å². The Kier molecular flexibility index (Phi) is 6.84. The summed E-state index contributed by atoms with van der Waals surface area (Å²) in [6, 6.07) is 5.69. The Morgan fingerprint density at radius 3 is 2.34 bits per heavy atom. The van der Waals surface area contributed by atoms with Gasteiger partial charge in [-0.15, -0.1) is 0 Å². The molecule has 0 aliphatic carbocycles. The summed E-state index contributed by atoms with van der Waals surface area (Å²) in [6.45, 7) is 9.97. The molecule has 172 valence electrons. The first-order valence-electron chi connectivity index (χ1n) is 11.6. The van der Waals surface area contributed by atoms with Gasteiger partial charge in [-0.2, -0.15) is 0 Å². The average molecular weight is 441 g/mol. The molecule has 1 aromatic heterocycles. The Morgan fingerprint density at radius 1 is 1.00 bits per heavy atom. The predicted molar refractivity (Wildman–Crippen MR) is 123 cm³/mol. The number of carbonyl (C=O) groups excluding carboxylic acids is 1. The summed E-state index contributed by atoms with van der Waals surface area (Å²) >= 11 is 0. The van der Waals surface area contributed by atoms with Crippen LogP contribution in [-0.2, 0) is 11.2 Å². The zero-order valence-corrected chi connectivity index (χ0v) is 19.2. The molecule has 7 nitrogen and oxygen atoms in total. The van der Waals surface area contributed by atoms with Gasteiger partial charge in [0.25, 0.3) is 0 Å². The number of fused-ring (bicyclic) bond motifs is 3. The molecule has 1 fully saturated rings. The van der Waals surface area contributed by atoms with Crippen molar-refractivity contribution < 1.29 is 19.0 Å². The van der Waals surface area contributed by atoms with Crippen molar-refractivity contribution in [1.82, 2.24) is 9.47 Å². The molecular weight excluding hydrogens is 408 g/mol. The van der Waals surface area contributed by atoms with Crippen molar-refractivity contribution in [3.8, 4) is 22.8 Å². The summed E-state index contributed by atoms with van der Waals surface area (Å²) in [7, 11) is 0. The van der Waals surface area contributed by atoms with Crippen molar-refractivity contribution in [3.63, 3.8) is 0 Å². The number of nitrogens with zero attached hydrogens (tertiary/aromatic N) is 2. The first kappa shape index (κ1) is 22.4. The number of hydrogen-bond donors (Lipinski definition) is 0. The van der Waals surface area contributed by atoms with Gasteiger partial charge in [0, 0.05) is 24.4 Å². The summed E-state index contributed by atoms with van der Waals surface area (Å²) < 4.78 is 18.9. The van der Waals surface area contributed by atoms with Gasteiger partial charge in [-0.05, 0) is 70.8 Å². The van der Waals surface area contributed by atoms with Crippen LogP contribution in [0.4, 0.5) is 0 Å². The van der Waals surface area contributed by atoms with Crippen LogP contribution in [-0.4, -0.2) is 54.9 Å². The smallest absolute Gasteiger partial charge is 0.343 e. The monoisotopic (exact) mass is 440 g/mol. The second-order valence-electron chi connectivity index (χ2n) is 8.25. The lowest BCUT2D eigenvalue weighted by Gasteiger charge is -2.34. The van der Waals surface area contributed by atoms with Crippen LogP contribution in [0.25, 0.3) is 11.3 Å². The average Bonchev–Trinajstić information content (AvgIpc) is 3.28. The second kappa shape index (κ2) is 9.77. The van der Waals surface area contributed by atoms with Crippen molar-refractivity contribution in [2.75, 3.05) is 39.5 Å². The number of ether oxygens (including phenoxy) is 3. The van der Waals surface area contributed by atoms with Gasteiger partial charge in [0.1, 0.15) is 5.56 Å². The molecule has 1 atom stereocenters. The highest BCUT2D eigenvalue weighted by atomic mass is 16.5. The minimum Gasteiger partial charge on any atom is -0.490 e. The predicted octanol–water partition coefficient (Wildman–Crippen LogP) is 3.68. The first-order chi connectivity index (χ1) is 15.5. The summed E-state index contributed by atoms with van der Waals surface area (Å²) in [4.78, 5) is 27.7. The van der Waals surface area contributed by atoms with E-state index >= 15 is 0 Å². The van der Waals surface area contributed by atoms with Gasteiger partial charge in [-0.1, -0.05) is 0 Å². The van der Waals surface area contributed by atoms with Crippen molar-refractivity contribution in [2.24, 2.45) is 0 Å². The molecule has 1 unspecified atom stereocenters. The van der Waals surface area contributed by atoms with Gasteiger partial charge in [0.05, 0.1) is 31.6 Å². The number of pyridine rings is 1. The number of aromatic nitrogens is 1. The first-order valence-corrected chi connectivity index (χ1v) is 11.6. The van der Waals surface area contributed by atoms with Gasteiger partial charge in [0.2, 0.25) is 0 Å².